The van der Waals surface area contributed by atoms with E-state index in [9.17, 15) is 5.26 Å². The van der Waals surface area contributed by atoms with Crippen LogP contribution in [-0.2, 0) is 0 Å². The van der Waals surface area contributed by atoms with Gasteiger partial charge < -0.3 is 15.2 Å². The van der Waals surface area contributed by atoms with Crippen molar-refractivity contribution in [3.05, 3.63) is 60.2 Å². The number of benzene rings is 2. The number of pyridine rings is 1. The Balaban J connectivity index is 2.15. The summed E-state index contributed by atoms with van der Waals surface area (Å²) in [7, 11) is 1.61. The van der Waals surface area contributed by atoms with Gasteiger partial charge in [0.05, 0.1) is 19.4 Å². The lowest BCUT2D eigenvalue weighted by Gasteiger charge is -2.13. The van der Waals surface area contributed by atoms with Crippen LogP contribution in [0, 0.1) is 11.3 Å². The van der Waals surface area contributed by atoms with Crippen molar-refractivity contribution < 1.29 is 9.47 Å². The third-order valence-corrected chi connectivity index (χ3v) is 4.02. The number of nitrogen functional groups attached to an aromatic ring is 1. The summed E-state index contributed by atoms with van der Waals surface area (Å²) in [6, 6.07) is 19.2. The van der Waals surface area contributed by atoms with Crippen molar-refractivity contribution in [3.63, 3.8) is 0 Å². The van der Waals surface area contributed by atoms with E-state index < -0.39 is 0 Å². The van der Waals surface area contributed by atoms with Crippen LogP contribution >= 0.6 is 0 Å². The number of nitrogens with zero attached hydrogens (tertiary/aromatic N) is 2. The van der Waals surface area contributed by atoms with E-state index >= 15 is 0 Å². The Hall–Kier alpha value is -3.52. The number of nitrogens with two attached hydrogens (primary N) is 1. The highest BCUT2D eigenvalue weighted by Crippen LogP contribution is 2.35. The minimum Gasteiger partial charge on any atom is -0.496 e. The second-order valence-corrected chi connectivity index (χ2v) is 5.58. The van der Waals surface area contributed by atoms with Crippen molar-refractivity contribution in [1.29, 1.82) is 5.26 Å². The summed E-state index contributed by atoms with van der Waals surface area (Å²) >= 11 is 0. The molecular weight excluding hydrogens is 326 g/mol. The molecule has 0 saturated carbocycles. The van der Waals surface area contributed by atoms with E-state index in [1.54, 1.807) is 7.11 Å². The van der Waals surface area contributed by atoms with Gasteiger partial charge in [-0.2, -0.15) is 5.26 Å². The number of para-hydroxylation sites is 1. The molecule has 0 amide bonds. The first-order valence-corrected chi connectivity index (χ1v) is 8.25. The Kier molecular flexibility index (Phi) is 5.04. The zero-order chi connectivity index (χ0) is 18.5. The molecule has 2 aromatic carbocycles. The van der Waals surface area contributed by atoms with Crippen molar-refractivity contribution in [2.24, 2.45) is 0 Å². The molecule has 0 bridgehead atoms. The topological polar surface area (TPSA) is 81.2 Å². The van der Waals surface area contributed by atoms with Crippen LogP contribution in [0.15, 0.2) is 54.6 Å². The molecule has 3 aromatic rings. The first-order valence-electron chi connectivity index (χ1n) is 8.25. The van der Waals surface area contributed by atoms with Gasteiger partial charge in [0, 0.05) is 11.1 Å². The maximum Gasteiger partial charge on any atom is 0.142 e. The quantitative estimate of drug-likeness (QED) is 0.746. The van der Waals surface area contributed by atoms with Gasteiger partial charge in [-0.25, -0.2) is 4.98 Å². The molecule has 2 N–H and O–H groups in total. The average Bonchev–Trinajstić information content (AvgIpc) is 2.68. The van der Waals surface area contributed by atoms with Gasteiger partial charge in [0.2, 0.25) is 0 Å². The SMILES string of the molecule is CCOc1ccc(-c2cc(-c3ccccc3OC)nc(N)c2C#N)cc1. The van der Waals surface area contributed by atoms with Crippen molar-refractivity contribution in [3.8, 4) is 40.0 Å². The second kappa shape index (κ2) is 7.58. The summed E-state index contributed by atoms with van der Waals surface area (Å²) in [4.78, 5) is 4.41. The summed E-state index contributed by atoms with van der Waals surface area (Å²) in [5, 5.41) is 9.54. The average molecular weight is 345 g/mol. The summed E-state index contributed by atoms with van der Waals surface area (Å²) in [6.07, 6.45) is 0. The Morgan fingerprint density at radius 1 is 1.08 bits per heavy atom. The number of ether oxygens (including phenoxy) is 2. The number of rotatable bonds is 5. The number of hydrogen-bond donors (Lipinski definition) is 1. The standard InChI is InChI=1S/C21H19N3O2/c1-3-26-15-10-8-14(9-11-15)17-12-19(24-21(23)18(17)13-22)16-6-4-5-7-20(16)25-2/h4-12H,3H2,1-2H3,(H2,23,24). The summed E-state index contributed by atoms with van der Waals surface area (Å²) in [6.45, 7) is 2.54. The molecule has 5 heteroatoms. The van der Waals surface area contributed by atoms with E-state index in [0.717, 1.165) is 22.4 Å². The van der Waals surface area contributed by atoms with Crippen LogP contribution in [0.25, 0.3) is 22.4 Å². The molecule has 0 atom stereocenters. The van der Waals surface area contributed by atoms with Gasteiger partial charge in [-0.15, -0.1) is 0 Å². The number of aromatic nitrogens is 1. The fraction of sp³-hybridized carbons (Fsp3) is 0.143. The minimum absolute atomic E-state index is 0.194. The first-order chi connectivity index (χ1) is 12.7. The molecule has 130 valence electrons. The largest absolute Gasteiger partial charge is 0.496 e. The second-order valence-electron chi connectivity index (χ2n) is 5.58. The predicted octanol–water partition coefficient (Wildman–Crippen LogP) is 4.28. The van der Waals surface area contributed by atoms with E-state index in [4.69, 9.17) is 15.2 Å². The Morgan fingerprint density at radius 3 is 2.46 bits per heavy atom. The van der Waals surface area contributed by atoms with E-state index in [1.165, 1.54) is 0 Å². The van der Waals surface area contributed by atoms with Crippen molar-refractivity contribution in [2.45, 2.75) is 6.92 Å². The molecular formula is C21H19N3O2. The molecule has 26 heavy (non-hydrogen) atoms. The maximum atomic E-state index is 9.54. The van der Waals surface area contributed by atoms with Crippen molar-refractivity contribution in [2.75, 3.05) is 19.5 Å². The zero-order valence-electron chi connectivity index (χ0n) is 14.7. The lowest BCUT2D eigenvalue weighted by atomic mass is 9.98. The fourth-order valence-corrected chi connectivity index (χ4v) is 2.80. The normalized spacial score (nSPS) is 10.2. The third-order valence-electron chi connectivity index (χ3n) is 4.02. The first kappa shape index (κ1) is 17.3. The minimum atomic E-state index is 0.194. The van der Waals surface area contributed by atoms with Crippen LogP contribution in [0.4, 0.5) is 5.82 Å². The van der Waals surface area contributed by atoms with Gasteiger partial charge in [-0.1, -0.05) is 24.3 Å². The van der Waals surface area contributed by atoms with E-state index in [1.807, 2.05) is 61.5 Å². The Morgan fingerprint density at radius 2 is 1.81 bits per heavy atom. The van der Waals surface area contributed by atoms with Crippen LogP contribution in [0.5, 0.6) is 11.5 Å². The number of methoxy groups -OCH3 is 1. The summed E-state index contributed by atoms with van der Waals surface area (Å²) in [5.74, 6) is 1.67. The van der Waals surface area contributed by atoms with Gasteiger partial charge in [0.25, 0.3) is 0 Å². The monoisotopic (exact) mass is 345 g/mol. The van der Waals surface area contributed by atoms with Gasteiger partial charge in [0.15, 0.2) is 0 Å². The highest BCUT2D eigenvalue weighted by molar-refractivity contribution is 5.81. The highest BCUT2D eigenvalue weighted by Gasteiger charge is 2.15. The van der Waals surface area contributed by atoms with Crippen LogP contribution in [0.1, 0.15) is 12.5 Å². The van der Waals surface area contributed by atoms with Crippen LogP contribution < -0.4 is 15.2 Å². The van der Waals surface area contributed by atoms with Crippen LogP contribution in [-0.4, -0.2) is 18.7 Å². The molecule has 0 aliphatic rings. The van der Waals surface area contributed by atoms with Gasteiger partial charge in [-0.05, 0) is 42.8 Å². The number of hydrogen-bond acceptors (Lipinski definition) is 5. The Bertz CT molecular complexity index is 960. The van der Waals surface area contributed by atoms with E-state index in [-0.39, 0.29) is 5.82 Å². The van der Waals surface area contributed by atoms with Crippen LogP contribution in [0.2, 0.25) is 0 Å². The molecule has 0 spiro atoms. The molecule has 0 unspecified atom stereocenters. The fourth-order valence-electron chi connectivity index (χ4n) is 2.80. The van der Waals surface area contributed by atoms with Crippen LogP contribution in [0.3, 0.4) is 0 Å². The van der Waals surface area contributed by atoms with E-state index in [0.29, 0.717) is 23.6 Å². The molecule has 1 aromatic heterocycles. The molecule has 1 heterocycles. The molecule has 0 radical (unpaired) electrons. The smallest absolute Gasteiger partial charge is 0.142 e. The molecule has 0 saturated heterocycles. The number of nitriles is 1. The lowest BCUT2D eigenvalue weighted by Crippen LogP contribution is -2.00. The summed E-state index contributed by atoms with van der Waals surface area (Å²) in [5.41, 5.74) is 9.50. The third kappa shape index (κ3) is 3.31. The number of anilines is 1. The van der Waals surface area contributed by atoms with Crippen molar-refractivity contribution >= 4 is 5.82 Å². The molecule has 0 aliphatic carbocycles. The van der Waals surface area contributed by atoms with Gasteiger partial charge in [-0.3, -0.25) is 0 Å². The zero-order valence-corrected chi connectivity index (χ0v) is 14.7. The molecule has 3 rings (SSSR count). The summed E-state index contributed by atoms with van der Waals surface area (Å²) < 4.78 is 10.9. The molecule has 5 nitrogen and oxygen atoms in total. The van der Waals surface area contributed by atoms with Gasteiger partial charge >= 0.3 is 0 Å². The highest BCUT2D eigenvalue weighted by atomic mass is 16.5. The molecule has 0 fully saturated rings. The molecule has 0 aliphatic heterocycles. The predicted molar refractivity (Wildman–Crippen MR) is 102 cm³/mol. The Labute approximate surface area is 152 Å². The van der Waals surface area contributed by atoms with Gasteiger partial charge in [0.1, 0.15) is 28.9 Å². The van der Waals surface area contributed by atoms with Crippen molar-refractivity contribution in [1.82, 2.24) is 4.98 Å². The maximum absolute atomic E-state index is 9.54. The van der Waals surface area contributed by atoms with E-state index in [2.05, 4.69) is 11.1 Å². The lowest BCUT2D eigenvalue weighted by molar-refractivity contribution is 0.340.